The predicted octanol–water partition coefficient (Wildman–Crippen LogP) is 2.70. The highest BCUT2D eigenvalue weighted by Gasteiger charge is 2.24. The highest BCUT2D eigenvalue weighted by atomic mass is 35.5. The molecular weight excluding hydrogens is 272 g/mol. The summed E-state index contributed by atoms with van der Waals surface area (Å²) in [5, 5.41) is 0.789. The lowest BCUT2D eigenvalue weighted by Gasteiger charge is -2.15. The maximum absolute atomic E-state index is 5.93. The molecule has 0 amide bonds. The van der Waals surface area contributed by atoms with Crippen LogP contribution in [0.25, 0.3) is 0 Å². The van der Waals surface area contributed by atoms with Crippen molar-refractivity contribution >= 4 is 17.4 Å². The fourth-order valence-electron chi connectivity index (χ4n) is 2.67. The van der Waals surface area contributed by atoms with Crippen LogP contribution in [0.4, 0.5) is 5.82 Å². The molecule has 5 heteroatoms. The number of nitrogens with zero attached hydrogens (tertiary/aromatic N) is 3. The van der Waals surface area contributed by atoms with E-state index in [9.17, 15) is 0 Å². The Morgan fingerprint density at radius 2 is 2.05 bits per heavy atom. The average Bonchev–Trinajstić information content (AvgIpc) is 2.88. The van der Waals surface area contributed by atoms with Crippen molar-refractivity contribution in [3.8, 4) is 0 Å². The van der Waals surface area contributed by atoms with Gasteiger partial charge in [-0.15, -0.1) is 0 Å². The number of anilines is 1. The van der Waals surface area contributed by atoms with Crippen molar-refractivity contribution in [1.29, 1.82) is 0 Å². The number of benzene rings is 1. The third-order valence-corrected chi connectivity index (χ3v) is 3.96. The molecule has 1 fully saturated rings. The van der Waals surface area contributed by atoms with Crippen molar-refractivity contribution in [1.82, 2.24) is 14.9 Å². The van der Waals surface area contributed by atoms with Gasteiger partial charge in [-0.3, -0.25) is 4.90 Å². The lowest BCUT2D eigenvalue weighted by Crippen LogP contribution is -2.21. The van der Waals surface area contributed by atoms with E-state index >= 15 is 0 Å². The zero-order valence-corrected chi connectivity index (χ0v) is 11.9. The normalized spacial score (nSPS) is 19.4. The number of hydrogen-bond acceptors (Lipinski definition) is 4. The summed E-state index contributed by atoms with van der Waals surface area (Å²) in [5.74, 6) is 1.89. The number of hydrogen-bond donors (Lipinski definition) is 1. The van der Waals surface area contributed by atoms with Crippen LogP contribution in [-0.4, -0.2) is 28.0 Å². The molecular formula is C15H17ClN4. The van der Waals surface area contributed by atoms with Crippen LogP contribution in [0.5, 0.6) is 0 Å². The van der Waals surface area contributed by atoms with Crippen LogP contribution < -0.4 is 5.73 Å². The van der Waals surface area contributed by atoms with E-state index in [0.29, 0.717) is 11.7 Å². The summed E-state index contributed by atoms with van der Waals surface area (Å²) in [7, 11) is 0. The van der Waals surface area contributed by atoms with Gasteiger partial charge in [0.1, 0.15) is 11.6 Å². The third-order valence-electron chi connectivity index (χ3n) is 3.71. The first kappa shape index (κ1) is 13.3. The van der Waals surface area contributed by atoms with E-state index in [1.807, 2.05) is 12.1 Å². The Hall–Kier alpha value is -1.65. The Bertz CT molecular complexity index is 585. The molecule has 2 N–H and O–H groups in total. The van der Waals surface area contributed by atoms with E-state index in [1.54, 1.807) is 12.3 Å². The molecule has 0 saturated carbocycles. The summed E-state index contributed by atoms with van der Waals surface area (Å²) in [6, 6.07) is 9.87. The Balaban J connectivity index is 1.63. The molecule has 2 aromatic rings. The molecule has 1 aliphatic heterocycles. The van der Waals surface area contributed by atoms with E-state index in [-0.39, 0.29) is 0 Å². The van der Waals surface area contributed by atoms with Crippen molar-refractivity contribution in [2.45, 2.75) is 18.9 Å². The van der Waals surface area contributed by atoms with E-state index in [2.05, 4.69) is 27.0 Å². The van der Waals surface area contributed by atoms with E-state index in [0.717, 1.165) is 36.9 Å². The van der Waals surface area contributed by atoms with E-state index < -0.39 is 0 Å². The highest BCUT2D eigenvalue weighted by molar-refractivity contribution is 6.30. The average molecular weight is 289 g/mol. The molecule has 1 atom stereocenters. The number of likely N-dealkylation sites (tertiary alicyclic amines) is 1. The first-order valence-electron chi connectivity index (χ1n) is 6.76. The minimum Gasteiger partial charge on any atom is -0.384 e. The molecule has 0 spiro atoms. The first-order chi connectivity index (χ1) is 9.70. The summed E-state index contributed by atoms with van der Waals surface area (Å²) in [6.45, 7) is 2.85. The molecule has 20 heavy (non-hydrogen) atoms. The summed E-state index contributed by atoms with van der Waals surface area (Å²) < 4.78 is 0. The second kappa shape index (κ2) is 5.77. The Kier molecular flexibility index (Phi) is 3.85. The molecule has 2 heterocycles. The Morgan fingerprint density at radius 1 is 1.25 bits per heavy atom. The second-order valence-corrected chi connectivity index (χ2v) is 5.61. The van der Waals surface area contributed by atoms with Crippen LogP contribution in [-0.2, 0) is 6.54 Å². The van der Waals surface area contributed by atoms with Crippen LogP contribution in [0.15, 0.2) is 36.5 Å². The van der Waals surface area contributed by atoms with Crippen LogP contribution >= 0.6 is 11.6 Å². The number of nitrogens with two attached hydrogens (primary N) is 1. The van der Waals surface area contributed by atoms with Crippen molar-refractivity contribution in [3.05, 3.63) is 52.9 Å². The van der Waals surface area contributed by atoms with Gasteiger partial charge in [0.25, 0.3) is 0 Å². The maximum Gasteiger partial charge on any atom is 0.144 e. The molecule has 0 radical (unpaired) electrons. The van der Waals surface area contributed by atoms with Gasteiger partial charge < -0.3 is 5.73 Å². The van der Waals surface area contributed by atoms with Crippen LogP contribution in [0.3, 0.4) is 0 Å². The molecule has 104 valence electrons. The largest absolute Gasteiger partial charge is 0.384 e. The van der Waals surface area contributed by atoms with Gasteiger partial charge in [-0.05, 0) is 42.6 Å². The molecule has 3 rings (SSSR count). The number of halogens is 1. The van der Waals surface area contributed by atoms with Gasteiger partial charge >= 0.3 is 0 Å². The molecule has 0 bridgehead atoms. The predicted molar refractivity (Wildman–Crippen MR) is 80.5 cm³/mol. The summed E-state index contributed by atoms with van der Waals surface area (Å²) in [4.78, 5) is 10.9. The van der Waals surface area contributed by atoms with Crippen molar-refractivity contribution in [2.24, 2.45) is 0 Å². The molecule has 1 aromatic heterocycles. The fourth-order valence-corrected chi connectivity index (χ4v) is 2.80. The number of rotatable bonds is 3. The van der Waals surface area contributed by atoms with Gasteiger partial charge in [-0.25, -0.2) is 9.97 Å². The van der Waals surface area contributed by atoms with Crippen LogP contribution in [0.2, 0.25) is 5.02 Å². The van der Waals surface area contributed by atoms with Gasteiger partial charge in [0.05, 0.1) is 6.54 Å². The van der Waals surface area contributed by atoms with Gasteiger partial charge in [0.15, 0.2) is 0 Å². The molecule has 4 nitrogen and oxygen atoms in total. The lowest BCUT2D eigenvalue weighted by atomic mass is 9.99. The minimum absolute atomic E-state index is 0.531. The molecule has 1 saturated heterocycles. The zero-order valence-electron chi connectivity index (χ0n) is 11.2. The third kappa shape index (κ3) is 3.08. The smallest absolute Gasteiger partial charge is 0.144 e. The SMILES string of the molecule is Nc1ccnc(CN2CCC(c3ccc(Cl)cc3)C2)n1. The van der Waals surface area contributed by atoms with Crippen molar-refractivity contribution < 1.29 is 0 Å². The van der Waals surface area contributed by atoms with Crippen molar-refractivity contribution in [3.63, 3.8) is 0 Å². The van der Waals surface area contributed by atoms with Crippen molar-refractivity contribution in [2.75, 3.05) is 18.8 Å². The molecule has 1 unspecified atom stereocenters. The van der Waals surface area contributed by atoms with Gasteiger partial charge in [-0.2, -0.15) is 0 Å². The fraction of sp³-hybridized carbons (Fsp3) is 0.333. The zero-order chi connectivity index (χ0) is 13.9. The molecule has 1 aromatic carbocycles. The number of nitrogen functional groups attached to an aromatic ring is 1. The molecule has 1 aliphatic rings. The Morgan fingerprint density at radius 3 is 2.80 bits per heavy atom. The van der Waals surface area contributed by atoms with Gasteiger partial charge in [-0.1, -0.05) is 23.7 Å². The quantitative estimate of drug-likeness (QED) is 0.943. The highest BCUT2D eigenvalue weighted by Crippen LogP contribution is 2.28. The monoisotopic (exact) mass is 288 g/mol. The first-order valence-corrected chi connectivity index (χ1v) is 7.14. The van der Waals surface area contributed by atoms with Gasteiger partial charge in [0.2, 0.25) is 0 Å². The summed E-state index contributed by atoms with van der Waals surface area (Å²) in [5.41, 5.74) is 7.04. The second-order valence-electron chi connectivity index (χ2n) is 5.17. The van der Waals surface area contributed by atoms with E-state index in [4.69, 9.17) is 17.3 Å². The Labute approximate surface area is 123 Å². The van der Waals surface area contributed by atoms with Crippen LogP contribution in [0.1, 0.15) is 23.7 Å². The standard InChI is InChI=1S/C15H17ClN4/c16-13-3-1-11(2-4-13)12-6-8-20(9-12)10-15-18-7-5-14(17)19-15/h1-5,7,12H,6,8-10H2,(H2,17,18,19). The topological polar surface area (TPSA) is 55.0 Å². The molecule has 0 aliphatic carbocycles. The van der Waals surface area contributed by atoms with Gasteiger partial charge in [0, 0.05) is 17.8 Å². The number of aromatic nitrogens is 2. The summed E-state index contributed by atoms with van der Waals surface area (Å²) >= 11 is 5.93. The lowest BCUT2D eigenvalue weighted by molar-refractivity contribution is 0.318. The minimum atomic E-state index is 0.531. The van der Waals surface area contributed by atoms with E-state index in [1.165, 1.54) is 5.56 Å². The maximum atomic E-state index is 5.93. The van der Waals surface area contributed by atoms with Crippen LogP contribution in [0, 0.1) is 0 Å². The summed E-state index contributed by atoms with van der Waals surface area (Å²) in [6.07, 6.45) is 2.87.